The predicted molar refractivity (Wildman–Crippen MR) is 97.3 cm³/mol. The van der Waals surface area contributed by atoms with Gasteiger partial charge >= 0.3 is 6.09 Å². The average molecular weight is 338 g/mol. The van der Waals surface area contributed by atoms with Gasteiger partial charge in [0, 0.05) is 48.2 Å². The fourth-order valence-electron chi connectivity index (χ4n) is 2.60. The van der Waals surface area contributed by atoms with Gasteiger partial charge in [0.05, 0.1) is 0 Å². The summed E-state index contributed by atoms with van der Waals surface area (Å²) in [6.45, 7) is 6.02. The lowest BCUT2D eigenvalue weighted by Crippen LogP contribution is -2.33. The van der Waals surface area contributed by atoms with E-state index in [0.29, 0.717) is 13.0 Å². The van der Waals surface area contributed by atoms with E-state index in [0.717, 1.165) is 27.9 Å². The average Bonchev–Trinajstić information content (AvgIpc) is 2.96. The molecule has 0 unspecified atom stereocenters. The van der Waals surface area contributed by atoms with E-state index in [1.165, 1.54) is 0 Å². The van der Waals surface area contributed by atoms with Gasteiger partial charge in [-0.25, -0.2) is 9.78 Å². The van der Waals surface area contributed by atoms with Crippen molar-refractivity contribution >= 4 is 17.1 Å². The van der Waals surface area contributed by atoms with E-state index in [4.69, 9.17) is 4.74 Å². The minimum Gasteiger partial charge on any atom is -0.444 e. The van der Waals surface area contributed by atoms with Gasteiger partial charge in [-0.05, 0) is 44.5 Å². The van der Waals surface area contributed by atoms with E-state index in [1.54, 1.807) is 12.4 Å². The SMILES string of the molecule is CC(C)(C)OC(=O)NCCc1cc2c(-c3cccnc3)ccnc2[nH]1. The standard InChI is InChI=1S/C19H22N4O2/c1-19(2,3)25-18(24)22-9-6-14-11-16-15(7-10-21-17(16)23-14)13-5-4-8-20-12-13/h4-5,7-8,10-12H,6,9H2,1-3H3,(H,21,23)(H,22,24). The summed E-state index contributed by atoms with van der Waals surface area (Å²) < 4.78 is 5.23. The minimum atomic E-state index is -0.492. The van der Waals surface area contributed by atoms with Crippen molar-refractivity contribution in [2.45, 2.75) is 32.8 Å². The summed E-state index contributed by atoms with van der Waals surface area (Å²) in [5.74, 6) is 0. The highest BCUT2D eigenvalue weighted by Crippen LogP contribution is 2.27. The van der Waals surface area contributed by atoms with Gasteiger partial charge in [0.15, 0.2) is 0 Å². The van der Waals surface area contributed by atoms with Crippen LogP contribution in [0, 0.1) is 0 Å². The van der Waals surface area contributed by atoms with Crippen LogP contribution in [0.5, 0.6) is 0 Å². The fraction of sp³-hybridized carbons (Fsp3) is 0.316. The molecule has 0 aliphatic rings. The topological polar surface area (TPSA) is 79.9 Å². The zero-order chi connectivity index (χ0) is 17.9. The van der Waals surface area contributed by atoms with Gasteiger partial charge in [0.25, 0.3) is 0 Å². The summed E-state index contributed by atoms with van der Waals surface area (Å²) in [5, 5.41) is 3.81. The second kappa shape index (κ2) is 6.93. The van der Waals surface area contributed by atoms with Crippen molar-refractivity contribution in [1.82, 2.24) is 20.3 Å². The Hall–Kier alpha value is -2.89. The smallest absolute Gasteiger partial charge is 0.407 e. The summed E-state index contributed by atoms with van der Waals surface area (Å²) in [4.78, 5) is 23.6. The predicted octanol–water partition coefficient (Wildman–Crippen LogP) is 3.69. The van der Waals surface area contributed by atoms with Crippen molar-refractivity contribution in [2.24, 2.45) is 0 Å². The van der Waals surface area contributed by atoms with Gasteiger partial charge in [-0.3, -0.25) is 4.98 Å². The number of H-pyrrole nitrogens is 1. The van der Waals surface area contributed by atoms with Crippen molar-refractivity contribution in [3.63, 3.8) is 0 Å². The number of fused-ring (bicyclic) bond motifs is 1. The van der Waals surface area contributed by atoms with Crippen molar-refractivity contribution in [3.8, 4) is 11.1 Å². The Balaban J connectivity index is 1.71. The highest BCUT2D eigenvalue weighted by atomic mass is 16.6. The molecule has 6 heteroatoms. The Morgan fingerprint density at radius 3 is 2.84 bits per heavy atom. The van der Waals surface area contributed by atoms with Gasteiger partial charge in [-0.15, -0.1) is 0 Å². The number of amides is 1. The second-order valence-electron chi connectivity index (χ2n) is 6.84. The van der Waals surface area contributed by atoms with E-state index in [2.05, 4.69) is 26.3 Å². The molecule has 1 amide bonds. The van der Waals surface area contributed by atoms with E-state index in [1.807, 2.05) is 45.2 Å². The van der Waals surface area contributed by atoms with Gasteiger partial charge < -0.3 is 15.0 Å². The van der Waals surface area contributed by atoms with Crippen LogP contribution in [0.15, 0.2) is 42.9 Å². The van der Waals surface area contributed by atoms with Crippen LogP contribution in [0.1, 0.15) is 26.5 Å². The molecule has 0 atom stereocenters. The largest absolute Gasteiger partial charge is 0.444 e. The number of carbonyl (C=O) groups is 1. The highest BCUT2D eigenvalue weighted by molar-refractivity contribution is 5.93. The van der Waals surface area contributed by atoms with E-state index in [-0.39, 0.29) is 0 Å². The molecule has 0 radical (unpaired) electrons. The van der Waals surface area contributed by atoms with Crippen LogP contribution in [0.3, 0.4) is 0 Å². The lowest BCUT2D eigenvalue weighted by Gasteiger charge is -2.19. The summed E-state index contributed by atoms with van der Waals surface area (Å²) in [6.07, 6.45) is 5.64. The van der Waals surface area contributed by atoms with Crippen LogP contribution in [0.4, 0.5) is 4.79 Å². The number of hydrogen-bond acceptors (Lipinski definition) is 4. The maximum absolute atomic E-state index is 11.7. The van der Waals surface area contributed by atoms with E-state index < -0.39 is 11.7 Å². The van der Waals surface area contributed by atoms with Gasteiger partial charge in [0.2, 0.25) is 0 Å². The number of nitrogens with zero attached hydrogens (tertiary/aromatic N) is 2. The first-order valence-corrected chi connectivity index (χ1v) is 8.26. The maximum atomic E-state index is 11.7. The molecule has 25 heavy (non-hydrogen) atoms. The first-order chi connectivity index (χ1) is 11.9. The third-order valence-corrected chi connectivity index (χ3v) is 3.62. The summed E-state index contributed by atoms with van der Waals surface area (Å²) in [6, 6.07) is 8.00. The minimum absolute atomic E-state index is 0.405. The lowest BCUT2D eigenvalue weighted by molar-refractivity contribution is 0.0528. The Morgan fingerprint density at radius 1 is 1.28 bits per heavy atom. The number of alkyl carbamates (subject to hydrolysis) is 1. The van der Waals surface area contributed by atoms with E-state index >= 15 is 0 Å². The second-order valence-corrected chi connectivity index (χ2v) is 6.84. The number of carbonyl (C=O) groups excluding carboxylic acids is 1. The molecule has 0 spiro atoms. The van der Waals surface area contributed by atoms with Crippen molar-refractivity contribution in [1.29, 1.82) is 0 Å². The Labute approximate surface area is 146 Å². The molecule has 0 saturated heterocycles. The molecule has 3 aromatic rings. The van der Waals surface area contributed by atoms with Crippen LogP contribution >= 0.6 is 0 Å². The van der Waals surface area contributed by atoms with Crippen molar-refractivity contribution in [2.75, 3.05) is 6.54 Å². The summed E-state index contributed by atoms with van der Waals surface area (Å²) in [7, 11) is 0. The monoisotopic (exact) mass is 338 g/mol. The molecular weight excluding hydrogens is 316 g/mol. The van der Waals surface area contributed by atoms with Gasteiger partial charge in [-0.2, -0.15) is 0 Å². The zero-order valence-electron chi connectivity index (χ0n) is 14.7. The molecule has 0 aromatic carbocycles. The molecule has 0 saturated carbocycles. The van der Waals surface area contributed by atoms with Crippen molar-refractivity contribution < 1.29 is 9.53 Å². The number of nitrogens with one attached hydrogen (secondary N) is 2. The quantitative estimate of drug-likeness (QED) is 0.760. The molecule has 0 bridgehead atoms. The number of rotatable bonds is 4. The van der Waals surface area contributed by atoms with Crippen LogP contribution in [-0.2, 0) is 11.2 Å². The number of pyridine rings is 2. The highest BCUT2D eigenvalue weighted by Gasteiger charge is 2.15. The normalized spacial score (nSPS) is 11.5. The molecule has 6 nitrogen and oxygen atoms in total. The van der Waals surface area contributed by atoms with Gasteiger partial charge in [0.1, 0.15) is 11.2 Å². The van der Waals surface area contributed by atoms with E-state index in [9.17, 15) is 4.79 Å². The zero-order valence-corrected chi connectivity index (χ0v) is 14.7. The van der Waals surface area contributed by atoms with Crippen LogP contribution in [0.2, 0.25) is 0 Å². The molecule has 3 rings (SSSR count). The Morgan fingerprint density at radius 2 is 2.12 bits per heavy atom. The van der Waals surface area contributed by atoms with Crippen LogP contribution in [-0.4, -0.2) is 33.2 Å². The molecule has 0 aliphatic heterocycles. The van der Waals surface area contributed by atoms with Crippen LogP contribution < -0.4 is 5.32 Å². The third kappa shape index (κ3) is 4.35. The number of aromatic amines is 1. The molecule has 3 heterocycles. The number of ether oxygens (including phenoxy) is 1. The molecule has 0 aliphatic carbocycles. The number of aromatic nitrogens is 3. The Bertz CT molecular complexity index is 866. The molecule has 2 N–H and O–H groups in total. The summed E-state index contributed by atoms with van der Waals surface area (Å²) >= 11 is 0. The first kappa shape index (κ1) is 17.0. The fourth-order valence-corrected chi connectivity index (χ4v) is 2.60. The molecule has 130 valence electrons. The number of hydrogen-bond donors (Lipinski definition) is 2. The van der Waals surface area contributed by atoms with Crippen molar-refractivity contribution in [3.05, 3.63) is 48.5 Å². The van der Waals surface area contributed by atoms with Gasteiger partial charge in [-0.1, -0.05) is 6.07 Å². The molecular formula is C19H22N4O2. The maximum Gasteiger partial charge on any atom is 0.407 e. The Kier molecular flexibility index (Phi) is 4.70. The van der Waals surface area contributed by atoms with Crippen LogP contribution in [0.25, 0.3) is 22.2 Å². The third-order valence-electron chi connectivity index (χ3n) is 3.62. The lowest BCUT2D eigenvalue weighted by atomic mass is 10.1. The molecule has 3 aromatic heterocycles. The summed E-state index contributed by atoms with van der Waals surface area (Å²) in [5.41, 5.74) is 3.48. The first-order valence-electron chi connectivity index (χ1n) is 8.26. The molecule has 0 fully saturated rings.